The summed E-state index contributed by atoms with van der Waals surface area (Å²) in [6.07, 6.45) is 0. The first-order valence-electron chi connectivity index (χ1n) is 8.61. The Kier molecular flexibility index (Phi) is 3.77. The van der Waals surface area contributed by atoms with Crippen molar-refractivity contribution in [1.82, 2.24) is 9.80 Å². The van der Waals surface area contributed by atoms with Crippen LogP contribution >= 0.6 is 0 Å². The van der Waals surface area contributed by atoms with Gasteiger partial charge in [-0.15, -0.1) is 0 Å². The molecule has 124 valence electrons. The lowest BCUT2D eigenvalue weighted by molar-refractivity contribution is 0.216. The average Bonchev–Trinajstić information content (AvgIpc) is 2.73. The molecule has 2 heterocycles. The first-order chi connectivity index (χ1) is 11.6. The van der Waals surface area contributed by atoms with E-state index >= 15 is 0 Å². The third kappa shape index (κ3) is 2.67. The van der Waals surface area contributed by atoms with Crippen molar-refractivity contribution in [1.29, 1.82) is 0 Å². The molecule has 0 unspecified atom stereocenters. The van der Waals surface area contributed by atoms with Crippen LogP contribution in [0.3, 0.4) is 0 Å². The maximum Gasteiger partial charge on any atom is 0.138 e. The molecular formula is C20H24N4. The molecule has 0 aromatic heterocycles. The van der Waals surface area contributed by atoms with E-state index in [2.05, 4.69) is 72.4 Å². The molecule has 2 aromatic carbocycles. The molecule has 0 amide bonds. The van der Waals surface area contributed by atoms with Crippen LogP contribution in [0.1, 0.15) is 16.7 Å². The number of hydrogen-bond donors (Lipinski definition) is 1. The van der Waals surface area contributed by atoms with E-state index in [1.807, 2.05) is 0 Å². The van der Waals surface area contributed by atoms with Crippen LogP contribution in [0.2, 0.25) is 0 Å². The summed E-state index contributed by atoms with van der Waals surface area (Å²) in [7, 11) is 2.18. The van der Waals surface area contributed by atoms with Gasteiger partial charge in [0.2, 0.25) is 0 Å². The van der Waals surface area contributed by atoms with E-state index < -0.39 is 0 Å². The van der Waals surface area contributed by atoms with E-state index in [1.54, 1.807) is 0 Å². The predicted molar refractivity (Wildman–Crippen MR) is 101 cm³/mol. The van der Waals surface area contributed by atoms with Crippen molar-refractivity contribution in [2.24, 2.45) is 4.99 Å². The maximum absolute atomic E-state index is 5.09. The smallest absolute Gasteiger partial charge is 0.138 e. The Morgan fingerprint density at radius 2 is 1.62 bits per heavy atom. The molecule has 0 spiro atoms. The Morgan fingerprint density at radius 1 is 0.917 bits per heavy atom. The van der Waals surface area contributed by atoms with Crippen molar-refractivity contribution in [2.45, 2.75) is 13.8 Å². The predicted octanol–water partition coefficient (Wildman–Crippen LogP) is 3.69. The Hall–Kier alpha value is -2.33. The van der Waals surface area contributed by atoms with Gasteiger partial charge in [-0.05, 0) is 56.3 Å². The van der Waals surface area contributed by atoms with E-state index in [0.29, 0.717) is 0 Å². The molecule has 1 fully saturated rings. The maximum atomic E-state index is 5.09. The number of piperazine rings is 1. The van der Waals surface area contributed by atoms with Gasteiger partial charge in [0.05, 0.1) is 11.4 Å². The molecule has 24 heavy (non-hydrogen) atoms. The second-order valence-corrected chi connectivity index (χ2v) is 6.85. The molecule has 0 radical (unpaired) electrons. The molecule has 2 aliphatic heterocycles. The number of fused-ring (bicyclic) bond motifs is 2. The molecule has 2 aliphatic rings. The standard InChI is InChI=1S/C20H24N4/c1-14-12-18-19(13-15(14)2)22-20(24-10-8-23(3)9-11-24)16-6-4-5-7-17(16)21-18/h4-7,12-13,21H,8-11H2,1-3H3. The number of hydrogen-bond acceptors (Lipinski definition) is 4. The van der Waals surface area contributed by atoms with E-state index in [0.717, 1.165) is 49.1 Å². The Bertz CT molecular complexity index is 801. The fraction of sp³-hybridized carbons (Fsp3) is 0.350. The fourth-order valence-electron chi connectivity index (χ4n) is 3.36. The number of anilines is 2. The molecule has 0 saturated carbocycles. The van der Waals surface area contributed by atoms with Crippen LogP contribution in [-0.2, 0) is 0 Å². The largest absolute Gasteiger partial charge is 0.353 e. The number of likely N-dealkylation sites (N-methyl/N-ethyl adjacent to an activating group) is 1. The first-order valence-corrected chi connectivity index (χ1v) is 8.61. The topological polar surface area (TPSA) is 30.9 Å². The van der Waals surface area contributed by atoms with Gasteiger partial charge >= 0.3 is 0 Å². The molecule has 4 nitrogen and oxygen atoms in total. The Balaban J connectivity index is 1.85. The minimum Gasteiger partial charge on any atom is -0.353 e. The number of rotatable bonds is 0. The highest BCUT2D eigenvalue weighted by atomic mass is 15.3. The second-order valence-electron chi connectivity index (χ2n) is 6.85. The van der Waals surface area contributed by atoms with Gasteiger partial charge in [0, 0.05) is 37.4 Å². The summed E-state index contributed by atoms with van der Waals surface area (Å²) in [5.41, 5.74) is 7.02. The van der Waals surface area contributed by atoms with Gasteiger partial charge in [-0.2, -0.15) is 0 Å². The minimum absolute atomic E-state index is 1.02. The highest BCUT2D eigenvalue weighted by Gasteiger charge is 2.23. The summed E-state index contributed by atoms with van der Waals surface area (Å²) in [4.78, 5) is 9.89. The molecule has 4 heteroatoms. The lowest BCUT2D eigenvalue weighted by Gasteiger charge is -2.34. The summed E-state index contributed by atoms with van der Waals surface area (Å²) < 4.78 is 0. The van der Waals surface area contributed by atoms with Crippen molar-refractivity contribution in [2.75, 3.05) is 38.5 Å². The summed E-state index contributed by atoms with van der Waals surface area (Å²) in [5.74, 6) is 1.09. The van der Waals surface area contributed by atoms with Crippen molar-refractivity contribution >= 4 is 22.9 Å². The van der Waals surface area contributed by atoms with Crippen LogP contribution < -0.4 is 5.32 Å². The van der Waals surface area contributed by atoms with E-state index in [-0.39, 0.29) is 0 Å². The monoisotopic (exact) mass is 320 g/mol. The zero-order valence-electron chi connectivity index (χ0n) is 14.6. The fourth-order valence-corrected chi connectivity index (χ4v) is 3.36. The number of aryl methyl sites for hydroxylation is 2. The molecule has 0 atom stereocenters. The lowest BCUT2D eigenvalue weighted by Crippen LogP contribution is -2.47. The minimum atomic E-state index is 1.02. The first kappa shape index (κ1) is 15.2. The number of benzene rings is 2. The van der Waals surface area contributed by atoms with Crippen LogP contribution in [-0.4, -0.2) is 48.9 Å². The highest BCUT2D eigenvalue weighted by Crippen LogP contribution is 2.36. The molecule has 1 saturated heterocycles. The molecule has 2 aromatic rings. The SMILES string of the molecule is Cc1cc2c(cc1C)Nc1ccccc1C(N1CCN(C)CC1)=N2. The van der Waals surface area contributed by atoms with Crippen LogP contribution in [0.4, 0.5) is 17.1 Å². The molecule has 0 aliphatic carbocycles. The normalized spacial score (nSPS) is 17.5. The van der Waals surface area contributed by atoms with Gasteiger partial charge in [-0.1, -0.05) is 12.1 Å². The quantitative estimate of drug-likeness (QED) is 0.803. The number of nitrogens with one attached hydrogen (secondary N) is 1. The van der Waals surface area contributed by atoms with Gasteiger partial charge in [0.15, 0.2) is 0 Å². The van der Waals surface area contributed by atoms with Gasteiger partial charge in [-0.3, -0.25) is 0 Å². The zero-order chi connectivity index (χ0) is 16.7. The average molecular weight is 320 g/mol. The van der Waals surface area contributed by atoms with Crippen LogP contribution in [0, 0.1) is 13.8 Å². The van der Waals surface area contributed by atoms with Gasteiger partial charge in [0.25, 0.3) is 0 Å². The third-order valence-electron chi connectivity index (χ3n) is 5.08. The Labute approximate surface area is 143 Å². The van der Waals surface area contributed by atoms with Crippen molar-refractivity contribution in [3.05, 3.63) is 53.1 Å². The number of para-hydroxylation sites is 1. The van der Waals surface area contributed by atoms with Crippen LogP contribution in [0.5, 0.6) is 0 Å². The zero-order valence-corrected chi connectivity index (χ0v) is 14.6. The van der Waals surface area contributed by atoms with E-state index in [9.17, 15) is 0 Å². The molecule has 0 bridgehead atoms. The number of aliphatic imine (C=N–C) groups is 1. The summed E-state index contributed by atoms with van der Waals surface area (Å²) in [6.45, 7) is 8.49. The molecular weight excluding hydrogens is 296 g/mol. The number of nitrogens with zero attached hydrogens (tertiary/aromatic N) is 3. The summed E-state index contributed by atoms with van der Waals surface area (Å²) in [5, 5.41) is 3.60. The van der Waals surface area contributed by atoms with Crippen LogP contribution in [0.15, 0.2) is 41.4 Å². The second kappa shape index (κ2) is 5.95. The van der Waals surface area contributed by atoms with Crippen molar-refractivity contribution in [3.63, 3.8) is 0 Å². The van der Waals surface area contributed by atoms with Gasteiger partial charge in [0.1, 0.15) is 5.84 Å². The summed E-state index contributed by atoms with van der Waals surface area (Å²) in [6, 6.07) is 12.9. The summed E-state index contributed by atoms with van der Waals surface area (Å²) >= 11 is 0. The van der Waals surface area contributed by atoms with Crippen molar-refractivity contribution < 1.29 is 0 Å². The van der Waals surface area contributed by atoms with E-state index in [4.69, 9.17) is 4.99 Å². The lowest BCUT2D eigenvalue weighted by atomic mass is 10.1. The van der Waals surface area contributed by atoms with Crippen molar-refractivity contribution in [3.8, 4) is 0 Å². The third-order valence-corrected chi connectivity index (χ3v) is 5.08. The molecule has 4 rings (SSSR count). The number of amidine groups is 1. The highest BCUT2D eigenvalue weighted by molar-refractivity contribution is 6.07. The van der Waals surface area contributed by atoms with Crippen LogP contribution in [0.25, 0.3) is 0 Å². The van der Waals surface area contributed by atoms with Gasteiger partial charge in [-0.25, -0.2) is 4.99 Å². The Morgan fingerprint density at radius 3 is 2.42 bits per heavy atom. The van der Waals surface area contributed by atoms with E-state index in [1.165, 1.54) is 16.7 Å². The van der Waals surface area contributed by atoms with Gasteiger partial charge < -0.3 is 15.1 Å². The molecule has 1 N–H and O–H groups in total.